The molecule has 0 radical (unpaired) electrons. The highest BCUT2D eigenvalue weighted by molar-refractivity contribution is 14.0. The maximum absolute atomic E-state index is 10.3. The number of aryl methyl sites for hydroxylation is 2. The van der Waals surface area contributed by atoms with Crippen LogP contribution in [-0.4, -0.2) is 39.4 Å². The molecule has 1 aromatic carbocycles. The highest BCUT2D eigenvalue weighted by atomic mass is 127. The number of hydrogen-bond donors (Lipinski definition) is 3. The molecule has 3 N–H and O–H groups in total. The van der Waals surface area contributed by atoms with Gasteiger partial charge < -0.3 is 15.7 Å². The average molecular weight is 491 g/mol. The molecule has 0 amide bonds. The summed E-state index contributed by atoms with van der Waals surface area (Å²) in [4.78, 5) is 8.76. The van der Waals surface area contributed by atoms with Crippen molar-refractivity contribution in [3.05, 3.63) is 46.5 Å². The number of guanidine groups is 1. The van der Waals surface area contributed by atoms with Crippen LogP contribution in [0.1, 0.15) is 42.2 Å². The number of aromatic nitrogens is 3. The number of hydrogen-bond acceptors (Lipinski definition) is 4. The summed E-state index contributed by atoms with van der Waals surface area (Å²) >= 11 is 5.88. The zero-order chi connectivity index (χ0) is 17.8. The van der Waals surface area contributed by atoms with Crippen LogP contribution in [0.4, 0.5) is 0 Å². The number of aliphatic hydroxyl groups is 1. The van der Waals surface area contributed by atoms with Crippen LogP contribution >= 0.6 is 35.6 Å². The van der Waals surface area contributed by atoms with Crippen molar-refractivity contribution < 1.29 is 5.11 Å². The fraction of sp³-hybridized carbons (Fsp3) is 0.471. The third kappa shape index (κ3) is 5.08. The summed E-state index contributed by atoms with van der Waals surface area (Å²) in [6.07, 6.45) is 1.37. The Morgan fingerprint density at radius 1 is 1.42 bits per heavy atom. The summed E-state index contributed by atoms with van der Waals surface area (Å²) in [7, 11) is 1.71. The largest absolute Gasteiger partial charge is 0.387 e. The van der Waals surface area contributed by atoms with Gasteiger partial charge in [0.05, 0.1) is 12.1 Å². The molecule has 0 saturated carbocycles. The maximum atomic E-state index is 10.3. The Hall–Kier alpha value is -1.39. The molecule has 1 aliphatic rings. The molecule has 2 heterocycles. The lowest BCUT2D eigenvalue weighted by Gasteiger charge is -2.25. The third-order valence-corrected chi connectivity index (χ3v) is 4.48. The molecule has 1 aromatic heterocycles. The van der Waals surface area contributed by atoms with Gasteiger partial charge in [-0.2, -0.15) is 5.10 Å². The molecule has 3 rings (SSSR count). The van der Waals surface area contributed by atoms with E-state index in [1.54, 1.807) is 19.2 Å². The van der Waals surface area contributed by atoms with Crippen molar-refractivity contribution in [1.29, 1.82) is 0 Å². The molecule has 1 aliphatic heterocycles. The van der Waals surface area contributed by atoms with Crippen LogP contribution in [0.2, 0.25) is 5.02 Å². The average Bonchev–Trinajstić information content (AvgIpc) is 3.00. The van der Waals surface area contributed by atoms with Gasteiger partial charge in [0.15, 0.2) is 5.96 Å². The summed E-state index contributed by atoms with van der Waals surface area (Å²) in [6, 6.07) is 7.23. The van der Waals surface area contributed by atoms with Gasteiger partial charge in [0.25, 0.3) is 0 Å². The molecular formula is C17H24ClIN6O. The molecule has 0 saturated heterocycles. The van der Waals surface area contributed by atoms with Crippen LogP contribution in [0.15, 0.2) is 29.3 Å². The molecular weight excluding hydrogens is 467 g/mol. The van der Waals surface area contributed by atoms with E-state index in [1.165, 1.54) is 0 Å². The van der Waals surface area contributed by atoms with Crippen LogP contribution in [0, 0.1) is 6.92 Å². The molecule has 2 unspecified atom stereocenters. The number of rotatable bonds is 4. The summed E-state index contributed by atoms with van der Waals surface area (Å²) in [6.45, 7) is 3.15. The number of aliphatic hydroxyl groups excluding tert-OH is 1. The van der Waals surface area contributed by atoms with Gasteiger partial charge in [0.1, 0.15) is 11.6 Å². The number of nitrogens with zero attached hydrogens (tertiary/aromatic N) is 4. The quantitative estimate of drug-likeness (QED) is 0.348. The highest BCUT2D eigenvalue weighted by Gasteiger charge is 2.24. The van der Waals surface area contributed by atoms with E-state index in [-0.39, 0.29) is 30.0 Å². The molecule has 7 nitrogen and oxygen atoms in total. The lowest BCUT2D eigenvalue weighted by molar-refractivity contribution is 0.180. The summed E-state index contributed by atoms with van der Waals surface area (Å²) in [5.74, 6) is 2.35. The molecule has 9 heteroatoms. The highest BCUT2D eigenvalue weighted by Crippen LogP contribution is 2.23. The summed E-state index contributed by atoms with van der Waals surface area (Å²) in [5.41, 5.74) is 0.806. The Bertz CT molecular complexity index is 748. The number of nitrogens with one attached hydrogen (secondary N) is 2. The fourth-order valence-electron chi connectivity index (χ4n) is 2.96. The van der Waals surface area contributed by atoms with Gasteiger partial charge in [-0.3, -0.25) is 4.99 Å². The van der Waals surface area contributed by atoms with E-state index < -0.39 is 6.10 Å². The zero-order valence-corrected chi connectivity index (χ0v) is 17.9. The Morgan fingerprint density at radius 3 is 2.85 bits per heavy atom. The maximum Gasteiger partial charge on any atom is 0.191 e. The minimum atomic E-state index is -0.645. The first-order chi connectivity index (χ1) is 12.1. The second kappa shape index (κ2) is 9.52. The van der Waals surface area contributed by atoms with Gasteiger partial charge >= 0.3 is 0 Å². The predicted molar refractivity (Wildman–Crippen MR) is 113 cm³/mol. The second-order valence-electron chi connectivity index (χ2n) is 6.10. The van der Waals surface area contributed by atoms with Crippen LogP contribution in [-0.2, 0) is 6.54 Å². The van der Waals surface area contributed by atoms with E-state index in [0.717, 1.165) is 36.6 Å². The van der Waals surface area contributed by atoms with Gasteiger partial charge in [-0.1, -0.05) is 23.7 Å². The van der Waals surface area contributed by atoms with Crippen molar-refractivity contribution in [2.24, 2.45) is 4.99 Å². The summed E-state index contributed by atoms with van der Waals surface area (Å²) < 4.78 is 1.95. The lowest BCUT2D eigenvalue weighted by Crippen LogP contribution is -2.42. The minimum absolute atomic E-state index is 0. The van der Waals surface area contributed by atoms with E-state index in [2.05, 4.69) is 25.7 Å². The first kappa shape index (κ1) is 20.9. The molecule has 0 aliphatic carbocycles. The Labute approximate surface area is 175 Å². The lowest BCUT2D eigenvalue weighted by atomic mass is 10.1. The van der Waals surface area contributed by atoms with E-state index in [0.29, 0.717) is 17.5 Å². The van der Waals surface area contributed by atoms with Gasteiger partial charge in [0.2, 0.25) is 0 Å². The minimum Gasteiger partial charge on any atom is -0.387 e. The van der Waals surface area contributed by atoms with Gasteiger partial charge in [-0.25, -0.2) is 9.67 Å². The van der Waals surface area contributed by atoms with Crippen molar-refractivity contribution in [2.75, 3.05) is 13.6 Å². The molecule has 26 heavy (non-hydrogen) atoms. The monoisotopic (exact) mass is 490 g/mol. The van der Waals surface area contributed by atoms with Crippen molar-refractivity contribution in [3.63, 3.8) is 0 Å². The van der Waals surface area contributed by atoms with Gasteiger partial charge in [-0.05, 0) is 37.5 Å². The van der Waals surface area contributed by atoms with Crippen LogP contribution < -0.4 is 10.6 Å². The molecule has 2 atom stereocenters. The van der Waals surface area contributed by atoms with E-state index >= 15 is 0 Å². The Kier molecular flexibility index (Phi) is 7.66. The predicted octanol–water partition coefficient (Wildman–Crippen LogP) is 2.59. The summed E-state index contributed by atoms with van der Waals surface area (Å²) in [5, 5.41) is 21.9. The van der Waals surface area contributed by atoms with Crippen LogP contribution in [0.3, 0.4) is 0 Å². The van der Waals surface area contributed by atoms with Crippen molar-refractivity contribution >= 4 is 41.5 Å². The zero-order valence-electron chi connectivity index (χ0n) is 14.8. The molecule has 2 aromatic rings. The van der Waals surface area contributed by atoms with E-state index in [1.807, 2.05) is 23.7 Å². The van der Waals surface area contributed by atoms with Crippen LogP contribution in [0.25, 0.3) is 0 Å². The Balaban J connectivity index is 0.00000243. The van der Waals surface area contributed by atoms with Crippen molar-refractivity contribution in [3.8, 4) is 0 Å². The molecule has 0 bridgehead atoms. The number of aliphatic imine (C=N–C) groups is 1. The SMILES string of the molecule is CN=C(NCC(O)c1ccc(Cl)cc1)NC1CCCn2nc(C)nc21.I. The van der Waals surface area contributed by atoms with E-state index in [4.69, 9.17) is 11.6 Å². The van der Waals surface area contributed by atoms with E-state index in [9.17, 15) is 5.11 Å². The Morgan fingerprint density at radius 2 is 2.15 bits per heavy atom. The molecule has 0 spiro atoms. The number of fused-ring (bicyclic) bond motifs is 1. The number of benzene rings is 1. The van der Waals surface area contributed by atoms with Crippen LogP contribution in [0.5, 0.6) is 0 Å². The molecule has 142 valence electrons. The smallest absolute Gasteiger partial charge is 0.191 e. The normalized spacial score (nSPS) is 17.8. The number of halogens is 2. The van der Waals surface area contributed by atoms with Gasteiger partial charge in [-0.15, -0.1) is 24.0 Å². The topological polar surface area (TPSA) is 87.4 Å². The van der Waals surface area contributed by atoms with Gasteiger partial charge in [0, 0.05) is 25.2 Å². The first-order valence-corrected chi connectivity index (χ1v) is 8.76. The first-order valence-electron chi connectivity index (χ1n) is 8.39. The van der Waals surface area contributed by atoms with Crippen molar-refractivity contribution in [2.45, 2.75) is 38.5 Å². The standard InChI is InChI=1S/C17H23ClN6O.HI/c1-11-21-16-14(4-3-9-24(16)23-11)22-17(19-2)20-10-15(25)12-5-7-13(18)8-6-12;/h5-8,14-15,25H,3-4,9-10H2,1-2H3,(H2,19,20,22);1H. The fourth-order valence-corrected chi connectivity index (χ4v) is 3.09. The second-order valence-corrected chi connectivity index (χ2v) is 6.54. The third-order valence-electron chi connectivity index (χ3n) is 4.23. The molecule has 0 fully saturated rings. The van der Waals surface area contributed by atoms with Crippen molar-refractivity contribution in [1.82, 2.24) is 25.4 Å².